The molecule has 0 saturated heterocycles. The molecule has 0 aliphatic rings. The van der Waals surface area contributed by atoms with Crippen LogP contribution < -0.4 is 5.73 Å². The normalized spacial score (nSPS) is 13.2. The molecule has 1 atom stereocenters. The molecule has 2 aromatic heterocycles. The summed E-state index contributed by atoms with van der Waals surface area (Å²) < 4.78 is 3.28. The zero-order valence-corrected chi connectivity index (χ0v) is 12.3. The molecular formula is C12H16BrN3S. The Balaban J connectivity index is 2.19. The molecule has 0 fully saturated rings. The van der Waals surface area contributed by atoms with E-state index in [0.29, 0.717) is 5.92 Å². The van der Waals surface area contributed by atoms with Crippen molar-refractivity contribution in [1.82, 2.24) is 9.55 Å². The Morgan fingerprint density at radius 2 is 2.24 bits per heavy atom. The molecule has 0 saturated carbocycles. The molecule has 92 valence electrons. The first-order valence-electron chi connectivity index (χ1n) is 5.57. The van der Waals surface area contributed by atoms with Gasteiger partial charge in [0, 0.05) is 17.1 Å². The van der Waals surface area contributed by atoms with Crippen LogP contribution in [0.15, 0.2) is 28.4 Å². The smallest absolute Gasteiger partial charge is 0.0952 e. The van der Waals surface area contributed by atoms with E-state index in [-0.39, 0.29) is 6.04 Å². The second kappa shape index (κ2) is 5.33. The number of thiophene rings is 1. The lowest BCUT2D eigenvalue weighted by atomic mass is 10.0. The Labute approximate surface area is 114 Å². The molecule has 3 nitrogen and oxygen atoms in total. The molecule has 0 spiro atoms. The number of nitrogens with zero attached hydrogens (tertiary/aromatic N) is 2. The van der Waals surface area contributed by atoms with Crippen LogP contribution in [-0.4, -0.2) is 9.55 Å². The van der Waals surface area contributed by atoms with Crippen molar-refractivity contribution in [3.63, 3.8) is 0 Å². The predicted molar refractivity (Wildman–Crippen MR) is 75.1 cm³/mol. The van der Waals surface area contributed by atoms with E-state index in [1.807, 2.05) is 12.5 Å². The molecule has 2 heterocycles. The highest BCUT2D eigenvalue weighted by molar-refractivity contribution is 9.11. The molecule has 2 N–H and O–H groups in total. The molecule has 0 amide bonds. The molecule has 0 aromatic carbocycles. The van der Waals surface area contributed by atoms with Gasteiger partial charge in [-0.05, 0) is 34.0 Å². The largest absolute Gasteiger partial charge is 0.328 e. The molecule has 1 unspecified atom stereocenters. The zero-order chi connectivity index (χ0) is 12.4. The monoisotopic (exact) mass is 313 g/mol. The summed E-state index contributed by atoms with van der Waals surface area (Å²) in [7, 11) is 0. The van der Waals surface area contributed by atoms with Crippen molar-refractivity contribution in [3.8, 4) is 0 Å². The van der Waals surface area contributed by atoms with Crippen molar-refractivity contribution < 1.29 is 0 Å². The Morgan fingerprint density at radius 3 is 2.82 bits per heavy atom. The Kier molecular flexibility index (Phi) is 4.01. The van der Waals surface area contributed by atoms with Gasteiger partial charge in [0.25, 0.3) is 0 Å². The molecule has 0 aliphatic carbocycles. The van der Waals surface area contributed by atoms with E-state index in [1.54, 1.807) is 11.3 Å². The van der Waals surface area contributed by atoms with E-state index in [0.717, 1.165) is 16.0 Å². The lowest BCUT2D eigenvalue weighted by molar-refractivity contribution is 0.485. The van der Waals surface area contributed by atoms with Gasteiger partial charge in [-0.2, -0.15) is 0 Å². The van der Waals surface area contributed by atoms with Crippen molar-refractivity contribution in [2.24, 2.45) is 11.7 Å². The molecule has 0 radical (unpaired) electrons. The fourth-order valence-corrected chi connectivity index (χ4v) is 3.17. The standard InChI is InChI=1S/C12H16BrN3S/c1-8(2)12(14)10-5-15-7-16(10)6-9-3-4-11(13)17-9/h3-5,7-8,12H,6,14H2,1-2H3. The first-order chi connectivity index (χ1) is 8.08. The lowest BCUT2D eigenvalue weighted by Crippen LogP contribution is -2.20. The minimum atomic E-state index is 0.0425. The van der Waals surface area contributed by atoms with Gasteiger partial charge in [0.2, 0.25) is 0 Å². The summed E-state index contributed by atoms with van der Waals surface area (Å²) in [5.41, 5.74) is 7.28. The van der Waals surface area contributed by atoms with Crippen LogP contribution in [0.1, 0.15) is 30.5 Å². The van der Waals surface area contributed by atoms with Crippen molar-refractivity contribution in [1.29, 1.82) is 0 Å². The molecule has 2 rings (SSSR count). The second-order valence-corrected chi connectivity index (χ2v) is 6.97. The maximum atomic E-state index is 6.18. The molecule has 2 aromatic rings. The summed E-state index contributed by atoms with van der Waals surface area (Å²) in [6, 6.07) is 4.24. The van der Waals surface area contributed by atoms with E-state index >= 15 is 0 Å². The minimum Gasteiger partial charge on any atom is -0.328 e. The molecule has 17 heavy (non-hydrogen) atoms. The van der Waals surface area contributed by atoms with Crippen LogP contribution in [0.5, 0.6) is 0 Å². The van der Waals surface area contributed by atoms with Gasteiger partial charge in [-0.3, -0.25) is 0 Å². The summed E-state index contributed by atoms with van der Waals surface area (Å²) in [5, 5.41) is 0. The number of hydrogen-bond donors (Lipinski definition) is 1. The zero-order valence-electron chi connectivity index (χ0n) is 9.93. The summed E-state index contributed by atoms with van der Waals surface area (Å²) in [6.45, 7) is 5.10. The van der Waals surface area contributed by atoms with Gasteiger partial charge in [0.15, 0.2) is 0 Å². The maximum Gasteiger partial charge on any atom is 0.0952 e. The van der Waals surface area contributed by atoms with Crippen LogP contribution in [0.3, 0.4) is 0 Å². The number of hydrogen-bond acceptors (Lipinski definition) is 3. The quantitative estimate of drug-likeness (QED) is 0.940. The SMILES string of the molecule is CC(C)C(N)c1cncn1Cc1ccc(Br)s1. The average molecular weight is 314 g/mol. The fourth-order valence-electron chi connectivity index (χ4n) is 1.69. The third kappa shape index (κ3) is 2.97. The lowest BCUT2D eigenvalue weighted by Gasteiger charge is -2.17. The highest BCUT2D eigenvalue weighted by atomic mass is 79.9. The summed E-state index contributed by atoms with van der Waals surface area (Å²) in [4.78, 5) is 5.50. The van der Waals surface area contributed by atoms with Crippen molar-refractivity contribution in [2.45, 2.75) is 26.4 Å². The highest BCUT2D eigenvalue weighted by Crippen LogP contribution is 2.25. The molecule has 0 aliphatic heterocycles. The van der Waals surface area contributed by atoms with Crippen LogP contribution >= 0.6 is 27.3 Å². The Bertz CT molecular complexity index is 489. The minimum absolute atomic E-state index is 0.0425. The summed E-state index contributed by atoms with van der Waals surface area (Å²) in [5.74, 6) is 0.417. The van der Waals surface area contributed by atoms with E-state index in [1.165, 1.54) is 4.88 Å². The summed E-state index contributed by atoms with van der Waals surface area (Å²) >= 11 is 5.22. The van der Waals surface area contributed by atoms with Gasteiger partial charge in [0.05, 0.1) is 22.4 Å². The first-order valence-corrected chi connectivity index (χ1v) is 7.18. The van der Waals surface area contributed by atoms with Crippen LogP contribution in [0.2, 0.25) is 0 Å². The third-order valence-electron chi connectivity index (χ3n) is 2.76. The van der Waals surface area contributed by atoms with Crippen LogP contribution in [0, 0.1) is 5.92 Å². The van der Waals surface area contributed by atoms with Gasteiger partial charge >= 0.3 is 0 Å². The van der Waals surface area contributed by atoms with Gasteiger partial charge in [0.1, 0.15) is 0 Å². The average Bonchev–Trinajstić information content (AvgIpc) is 2.87. The van der Waals surface area contributed by atoms with E-state index < -0.39 is 0 Å². The predicted octanol–water partition coefficient (Wildman–Crippen LogP) is 3.41. The van der Waals surface area contributed by atoms with E-state index in [2.05, 4.69) is 51.5 Å². The van der Waals surface area contributed by atoms with Gasteiger partial charge in [-0.1, -0.05) is 13.8 Å². The van der Waals surface area contributed by atoms with Crippen molar-refractivity contribution >= 4 is 27.3 Å². The number of rotatable bonds is 4. The number of aromatic nitrogens is 2. The third-order valence-corrected chi connectivity index (χ3v) is 4.37. The van der Waals surface area contributed by atoms with Crippen LogP contribution in [0.4, 0.5) is 0 Å². The van der Waals surface area contributed by atoms with Crippen LogP contribution in [-0.2, 0) is 6.54 Å². The topological polar surface area (TPSA) is 43.8 Å². The summed E-state index contributed by atoms with van der Waals surface area (Å²) in [6.07, 6.45) is 3.72. The van der Waals surface area contributed by atoms with Crippen molar-refractivity contribution in [3.05, 3.63) is 39.0 Å². The number of nitrogens with two attached hydrogens (primary N) is 1. The van der Waals surface area contributed by atoms with Gasteiger partial charge < -0.3 is 10.3 Å². The molecule has 5 heteroatoms. The van der Waals surface area contributed by atoms with E-state index in [9.17, 15) is 0 Å². The van der Waals surface area contributed by atoms with Crippen molar-refractivity contribution in [2.75, 3.05) is 0 Å². The van der Waals surface area contributed by atoms with Gasteiger partial charge in [-0.25, -0.2) is 4.98 Å². The van der Waals surface area contributed by atoms with E-state index in [4.69, 9.17) is 5.73 Å². The maximum absolute atomic E-state index is 6.18. The number of imidazole rings is 1. The second-order valence-electron chi connectivity index (χ2n) is 4.42. The fraction of sp³-hybridized carbons (Fsp3) is 0.417. The van der Waals surface area contributed by atoms with Gasteiger partial charge in [-0.15, -0.1) is 11.3 Å². The Morgan fingerprint density at radius 1 is 1.47 bits per heavy atom. The Hall–Kier alpha value is -0.650. The molecular weight excluding hydrogens is 298 g/mol. The highest BCUT2D eigenvalue weighted by Gasteiger charge is 2.15. The van der Waals surface area contributed by atoms with Crippen LogP contribution in [0.25, 0.3) is 0 Å². The molecule has 0 bridgehead atoms. The first kappa shape index (κ1) is 12.8. The number of halogens is 1.